The number of fused-ring (bicyclic) bond motifs is 1. The van der Waals surface area contributed by atoms with Crippen molar-refractivity contribution in [2.24, 2.45) is 0 Å². The highest BCUT2D eigenvalue weighted by Crippen LogP contribution is 2.34. The third-order valence-corrected chi connectivity index (χ3v) is 6.07. The second-order valence-electron chi connectivity index (χ2n) is 7.95. The maximum atomic E-state index is 12.4. The maximum absolute atomic E-state index is 12.4. The van der Waals surface area contributed by atoms with Gasteiger partial charge in [0.2, 0.25) is 0 Å². The van der Waals surface area contributed by atoms with Crippen LogP contribution in [0.3, 0.4) is 0 Å². The van der Waals surface area contributed by atoms with E-state index in [0.717, 1.165) is 52.1 Å². The minimum Gasteiger partial charge on any atom is -0.382 e. The van der Waals surface area contributed by atoms with Crippen molar-refractivity contribution < 1.29 is 14.3 Å². The number of morpholine rings is 2. The van der Waals surface area contributed by atoms with E-state index in [2.05, 4.69) is 41.1 Å². The van der Waals surface area contributed by atoms with Crippen LogP contribution in [0.1, 0.15) is 5.56 Å². The fourth-order valence-electron chi connectivity index (χ4n) is 4.41. The number of rotatable bonds is 3. The lowest BCUT2D eigenvalue weighted by molar-refractivity contribution is -0.125. The minimum atomic E-state index is -0.000149. The summed E-state index contributed by atoms with van der Waals surface area (Å²) in [5.74, 6) is 0.547. The molecule has 7 nitrogen and oxygen atoms in total. The van der Waals surface area contributed by atoms with Crippen LogP contribution in [0.15, 0.2) is 42.5 Å². The smallest absolute Gasteiger partial charge is 0.253 e. The standard InChI is InChI=1S/C24H26N4O3/c1-16-19(3-2-4-21(16)28-9-12-31-15-23(28)29)17-5-6-20-18(13-17)14-22(24(25)26-20)27-7-10-30-11-8-27/h2-6,13-14H,7-12,15H2,1H3,(H2,25,26). The van der Waals surface area contributed by atoms with E-state index >= 15 is 0 Å². The molecular formula is C24H26N4O3. The Morgan fingerprint density at radius 3 is 2.58 bits per heavy atom. The zero-order valence-electron chi connectivity index (χ0n) is 17.6. The average molecular weight is 418 g/mol. The van der Waals surface area contributed by atoms with Crippen LogP contribution < -0.4 is 15.5 Å². The first-order valence-electron chi connectivity index (χ1n) is 10.6. The highest BCUT2D eigenvalue weighted by atomic mass is 16.5. The second kappa shape index (κ2) is 8.17. The van der Waals surface area contributed by atoms with Crippen LogP contribution in [0.2, 0.25) is 0 Å². The Kier molecular flexibility index (Phi) is 5.21. The molecule has 0 aliphatic carbocycles. The van der Waals surface area contributed by atoms with Gasteiger partial charge in [0, 0.05) is 30.7 Å². The summed E-state index contributed by atoms with van der Waals surface area (Å²) < 4.78 is 10.8. The van der Waals surface area contributed by atoms with E-state index in [0.29, 0.717) is 32.2 Å². The average Bonchev–Trinajstić information content (AvgIpc) is 2.80. The Morgan fingerprint density at radius 1 is 0.968 bits per heavy atom. The van der Waals surface area contributed by atoms with Gasteiger partial charge in [-0.15, -0.1) is 0 Å². The predicted octanol–water partition coefficient (Wildman–Crippen LogP) is 2.99. The maximum Gasteiger partial charge on any atom is 0.253 e. The van der Waals surface area contributed by atoms with E-state index in [9.17, 15) is 4.79 Å². The fraction of sp³-hybridized carbons (Fsp3) is 0.333. The number of carbonyl (C=O) groups is 1. The second-order valence-corrected chi connectivity index (χ2v) is 7.95. The number of nitrogens with two attached hydrogens (primary N) is 1. The number of carbonyl (C=O) groups excluding carboxylic acids is 1. The molecule has 0 radical (unpaired) electrons. The van der Waals surface area contributed by atoms with E-state index in [1.54, 1.807) is 0 Å². The van der Waals surface area contributed by atoms with Gasteiger partial charge in [-0.05, 0) is 47.9 Å². The van der Waals surface area contributed by atoms with Crippen molar-refractivity contribution >= 4 is 34.0 Å². The fourth-order valence-corrected chi connectivity index (χ4v) is 4.41. The molecule has 2 aliphatic heterocycles. The lowest BCUT2D eigenvalue weighted by atomic mass is 9.97. The van der Waals surface area contributed by atoms with Crippen molar-refractivity contribution in [1.82, 2.24) is 4.98 Å². The van der Waals surface area contributed by atoms with E-state index in [-0.39, 0.29) is 12.5 Å². The number of ether oxygens (including phenoxy) is 2. The molecule has 0 unspecified atom stereocenters. The van der Waals surface area contributed by atoms with Gasteiger partial charge in [0.1, 0.15) is 12.4 Å². The van der Waals surface area contributed by atoms with Crippen LogP contribution in [0.4, 0.5) is 17.2 Å². The Bertz CT molecular complexity index is 1140. The molecule has 3 heterocycles. The number of hydrogen-bond acceptors (Lipinski definition) is 6. The van der Waals surface area contributed by atoms with Crippen molar-refractivity contribution in [3.05, 3.63) is 48.0 Å². The first-order valence-corrected chi connectivity index (χ1v) is 10.6. The van der Waals surface area contributed by atoms with Gasteiger partial charge in [-0.2, -0.15) is 0 Å². The van der Waals surface area contributed by atoms with Gasteiger partial charge < -0.3 is 25.0 Å². The summed E-state index contributed by atoms with van der Waals surface area (Å²) in [7, 11) is 0. The molecule has 0 atom stereocenters. The summed E-state index contributed by atoms with van der Waals surface area (Å²) in [5.41, 5.74) is 12.3. The first kappa shape index (κ1) is 19.8. The number of pyridine rings is 1. The predicted molar refractivity (Wildman–Crippen MR) is 123 cm³/mol. The topological polar surface area (TPSA) is 80.9 Å². The molecule has 2 saturated heterocycles. The lowest BCUT2D eigenvalue weighted by Gasteiger charge is -2.29. The normalized spacial score (nSPS) is 17.4. The molecule has 7 heteroatoms. The van der Waals surface area contributed by atoms with Crippen molar-refractivity contribution in [2.45, 2.75) is 6.92 Å². The third-order valence-electron chi connectivity index (χ3n) is 6.07. The number of amides is 1. The summed E-state index contributed by atoms with van der Waals surface area (Å²) in [6, 6.07) is 14.5. The molecule has 1 amide bonds. The largest absolute Gasteiger partial charge is 0.382 e. The monoisotopic (exact) mass is 418 g/mol. The Morgan fingerprint density at radius 2 is 1.77 bits per heavy atom. The highest BCUT2D eigenvalue weighted by molar-refractivity contribution is 5.97. The van der Waals surface area contributed by atoms with Crippen LogP contribution >= 0.6 is 0 Å². The third kappa shape index (κ3) is 3.71. The Hall–Kier alpha value is -3.16. The van der Waals surface area contributed by atoms with Crippen LogP contribution in [0.5, 0.6) is 0 Å². The summed E-state index contributed by atoms with van der Waals surface area (Å²) in [6.07, 6.45) is 0. The number of anilines is 3. The SMILES string of the molecule is Cc1c(-c2ccc3nc(N)c(N4CCOCC4)cc3c2)cccc1N1CCOCC1=O. The van der Waals surface area contributed by atoms with Crippen LogP contribution in [-0.4, -0.2) is 57.0 Å². The van der Waals surface area contributed by atoms with Gasteiger partial charge in [-0.1, -0.05) is 18.2 Å². The summed E-state index contributed by atoms with van der Waals surface area (Å²) in [4.78, 5) is 21.0. The van der Waals surface area contributed by atoms with Gasteiger partial charge in [0.05, 0.1) is 31.0 Å². The van der Waals surface area contributed by atoms with Crippen LogP contribution in [0.25, 0.3) is 22.0 Å². The minimum absolute atomic E-state index is 0.000149. The first-order chi connectivity index (χ1) is 15.1. The van der Waals surface area contributed by atoms with Crippen molar-refractivity contribution in [3.63, 3.8) is 0 Å². The van der Waals surface area contributed by atoms with Crippen molar-refractivity contribution in [3.8, 4) is 11.1 Å². The molecule has 0 spiro atoms. The number of aromatic nitrogens is 1. The van der Waals surface area contributed by atoms with Gasteiger partial charge in [0.25, 0.3) is 5.91 Å². The molecule has 2 fully saturated rings. The quantitative estimate of drug-likeness (QED) is 0.704. The molecule has 31 heavy (non-hydrogen) atoms. The molecule has 3 aromatic rings. The Balaban J connectivity index is 1.55. The zero-order chi connectivity index (χ0) is 21.4. The number of hydrogen-bond donors (Lipinski definition) is 1. The molecule has 5 rings (SSSR count). The molecular weight excluding hydrogens is 392 g/mol. The van der Waals surface area contributed by atoms with Gasteiger partial charge in [-0.3, -0.25) is 4.79 Å². The van der Waals surface area contributed by atoms with E-state index in [4.69, 9.17) is 15.2 Å². The summed E-state index contributed by atoms with van der Waals surface area (Å²) >= 11 is 0. The van der Waals surface area contributed by atoms with Crippen molar-refractivity contribution in [2.75, 3.05) is 61.6 Å². The van der Waals surface area contributed by atoms with Crippen molar-refractivity contribution in [1.29, 1.82) is 0 Å². The lowest BCUT2D eigenvalue weighted by Crippen LogP contribution is -2.42. The zero-order valence-corrected chi connectivity index (χ0v) is 17.6. The molecule has 0 saturated carbocycles. The van der Waals surface area contributed by atoms with Gasteiger partial charge in [-0.25, -0.2) is 4.98 Å². The molecule has 2 aromatic carbocycles. The molecule has 2 N–H and O–H groups in total. The number of benzene rings is 2. The van der Waals surface area contributed by atoms with E-state index in [1.165, 1.54) is 0 Å². The van der Waals surface area contributed by atoms with Gasteiger partial charge >= 0.3 is 0 Å². The van der Waals surface area contributed by atoms with E-state index < -0.39 is 0 Å². The number of nitrogen functional groups attached to an aromatic ring is 1. The molecule has 0 bridgehead atoms. The molecule has 160 valence electrons. The number of nitrogens with zero attached hydrogens (tertiary/aromatic N) is 3. The molecule has 1 aromatic heterocycles. The highest BCUT2D eigenvalue weighted by Gasteiger charge is 2.23. The van der Waals surface area contributed by atoms with E-state index in [1.807, 2.05) is 23.1 Å². The van der Waals surface area contributed by atoms with Crippen LogP contribution in [0, 0.1) is 6.92 Å². The summed E-state index contributed by atoms with van der Waals surface area (Å²) in [5, 5.41) is 1.04. The van der Waals surface area contributed by atoms with Crippen LogP contribution in [-0.2, 0) is 14.3 Å². The van der Waals surface area contributed by atoms with Gasteiger partial charge in [0.15, 0.2) is 0 Å². The molecule has 2 aliphatic rings. The Labute approximate surface area is 181 Å². The summed E-state index contributed by atoms with van der Waals surface area (Å²) in [6.45, 7) is 6.36.